The van der Waals surface area contributed by atoms with Gasteiger partial charge in [-0.3, -0.25) is 0 Å². The van der Waals surface area contributed by atoms with Gasteiger partial charge in [-0.1, -0.05) is 28.1 Å². The van der Waals surface area contributed by atoms with Crippen molar-refractivity contribution in [3.05, 3.63) is 39.3 Å². The molecule has 2 aromatic rings. The van der Waals surface area contributed by atoms with Crippen LogP contribution in [0.3, 0.4) is 0 Å². The summed E-state index contributed by atoms with van der Waals surface area (Å²) >= 11 is 6.89. The van der Waals surface area contributed by atoms with Crippen LogP contribution in [0.25, 0.3) is 10.8 Å². The first-order valence-electron chi connectivity index (χ1n) is 6.05. The molecule has 0 amide bonds. The zero-order valence-corrected chi connectivity index (χ0v) is 14.5. The van der Waals surface area contributed by atoms with Crippen LogP contribution in [0.2, 0.25) is 0 Å². The lowest BCUT2D eigenvalue weighted by molar-refractivity contribution is 0.0205. The number of carbonyl (C=O) groups excluding carboxylic acids is 1. The SMILES string of the molecule is CC(C)(C)OC(=O)Oc1ccc2cc(Br)ccc2c1Br. The standard InChI is InChI=1S/C15H14Br2O3/c1-15(2,3)20-14(18)19-12-7-4-9-8-10(16)5-6-11(9)13(12)17/h4-8H,1-3H3. The fourth-order valence-corrected chi connectivity index (χ4v) is 2.64. The van der Waals surface area contributed by atoms with E-state index >= 15 is 0 Å². The third-order valence-electron chi connectivity index (χ3n) is 2.46. The molecule has 0 spiro atoms. The molecule has 2 aromatic carbocycles. The summed E-state index contributed by atoms with van der Waals surface area (Å²) in [5, 5.41) is 2.01. The number of fused-ring (bicyclic) bond motifs is 1. The molecule has 0 saturated heterocycles. The number of ether oxygens (including phenoxy) is 2. The number of hydrogen-bond acceptors (Lipinski definition) is 3. The van der Waals surface area contributed by atoms with Crippen LogP contribution in [-0.4, -0.2) is 11.8 Å². The molecule has 0 aliphatic carbocycles. The maximum Gasteiger partial charge on any atom is 0.514 e. The van der Waals surface area contributed by atoms with Gasteiger partial charge in [0.05, 0.1) is 4.47 Å². The van der Waals surface area contributed by atoms with E-state index in [9.17, 15) is 4.79 Å². The minimum atomic E-state index is -0.713. The highest BCUT2D eigenvalue weighted by atomic mass is 79.9. The Bertz CT molecular complexity index is 660. The van der Waals surface area contributed by atoms with E-state index in [1.807, 2.05) is 24.3 Å². The molecule has 0 saturated carbocycles. The summed E-state index contributed by atoms with van der Waals surface area (Å²) in [6.45, 7) is 5.38. The Morgan fingerprint density at radius 3 is 2.45 bits per heavy atom. The number of rotatable bonds is 1. The Labute approximate surface area is 134 Å². The monoisotopic (exact) mass is 400 g/mol. The molecular formula is C15H14Br2O3. The van der Waals surface area contributed by atoms with Crippen LogP contribution in [0.15, 0.2) is 39.3 Å². The molecular weight excluding hydrogens is 388 g/mol. The first-order chi connectivity index (χ1) is 9.26. The highest BCUT2D eigenvalue weighted by Gasteiger charge is 2.19. The van der Waals surface area contributed by atoms with Gasteiger partial charge in [0.25, 0.3) is 0 Å². The van der Waals surface area contributed by atoms with Crippen molar-refractivity contribution >= 4 is 48.8 Å². The van der Waals surface area contributed by atoms with Gasteiger partial charge in [-0.15, -0.1) is 0 Å². The van der Waals surface area contributed by atoms with E-state index in [-0.39, 0.29) is 0 Å². The fraction of sp³-hybridized carbons (Fsp3) is 0.267. The van der Waals surface area contributed by atoms with Gasteiger partial charge in [-0.05, 0) is 65.7 Å². The average molecular weight is 402 g/mol. The molecule has 0 aliphatic heterocycles. The van der Waals surface area contributed by atoms with Crippen molar-refractivity contribution in [2.45, 2.75) is 26.4 Å². The van der Waals surface area contributed by atoms with Crippen LogP contribution < -0.4 is 4.74 Å². The third-order valence-corrected chi connectivity index (χ3v) is 3.77. The molecule has 0 N–H and O–H groups in total. The maximum absolute atomic E-state index is 11.7. The van der Waals surface area contributed by atoms with Crippen molar-refractivity contribution in [2.75, 3.05) is 0 Å². The van der Waals surface area contributed by atoms with E-state index in [1.165, 1.54) is 0 Å². The van der Waals surface area contributed by atoms with Crippen molar-refractivity contribution in [3.63, 3.8) is 0 Å². The van der Waals surface area contributed by atoms with Gasteiger partial charge < -0.3 is 9.47 Å². The van der Waals surface area contributed by atoms with Crippen LogP contribution in [-0.2, 0) is 4.74 Å². The number of carbonyl (C=O) groups is 1. The van der Waals surface area contributed by atoms with E-state index in [1.54, 1.807) is 26.8 Å². The minimum Gasteiger partial charge on any atom is -0.428 e. The zero-order valence-electron chi connectivity index (χ0n) is 11.4. The van der Waals surface area contributed by atoms with E-state index < -0.39 is 11.8 Å². The van der Waals surface area contributed by atoms with Crippen molar-refractivity contribution in [1.82, 2.24) is 0 Å². The van der Waals surface area contributed by atoms with Crippen LogP contribution in [0.5, 0.6) is 5.75 Å². The molecule has 0 fully saturated rings. The summed E-state index contributed by atoms with van der Waals surface area (Å²) < 4.78 is 12.1. The maximum atomic E-state index is 11.7. The Morgan fingerprint density at radius 1 is 1.10 bits per heavy atom. The summed E-state index contributed by atoms with van der Waals surface area (Å²) in [4.78, 5) is 11.7. The van der Waals surface area contributed by atoms with Crippen molar-refractivity contribution in [2.24, 2.45) is 0 Å². The molecule has 0 aromatic heterocycles. The topological polar surface area (TPSA) is 35.5 Å². The Morgan fingerprint density at radius 2 is 1.80 bits per heavy atom. The van der Waals surface area contributed by atoms with Crippen molar-refractivity contribution < 1.29 is 14.3 Å². The lowest BCUT2D eigenvalue weighted by atomic mass is 10.1. The van der Waals surface area contributed by atoms with Crippen molar-refractivity contribution in [3.8, 4) is 5.75 Å². The largest absolute Gasteiger partial charge is 0.514 e. The van der Waals surface area contributed by atoms with Gasteiger partial charge in [0.15, 0.2) is 0 Å². The molecule has 20 heavy (non-hydrogen) atoms. The third kappa shape index (κ3) is 3.73. The molecule has 0 radical (unpaired) electrons. The molecule has 0 atom stereocenters. The van der Waals surface area contributed by atoms with Crippen LogP contribution in [0.4, 0.5) is 4.79 Å². The van der Waals surface area contributed by atoms with Crippen molar-refractivity contribution in [1.29, 1.82) is 0 Å². The second-order valence-electron chi connectivity index (χ2n) is 5.31. The van der Waals surface area contributed by atoms with Gasteiger partial charge in [0.1, 0.15) is 11.4 Å². The summed E-state index contributed by atoms with van der Waals surface area (Å²) in [5.41, 5.74) is -0.578. The molecule has 0 aliphatic rings. The predicted octanol–water partition coefficient (Wildman–Crippen LogP) is 5.68. The second kappa shape index (κ2) is 5.74. The first-order valence-corrected chi connectivity index (χ1v) is 7.63. The lowest BCUT2D eigenvalue weighted by Gasteiger charge is -2.19. The highest BCUT2D eigenvalue weighted by Crippen LogP contribution is 2.34. The molecule has 0 bridgehead atoms. The molecule has 2 rings (SSSR count). The first kappa shape index (κ1) is 15.3. The van der Waals surface area contributed by atoms with Gasteiger partial charge in [-0.25, -0.2) is 4.79 Å². The van der Waals surface area contributed by atoms with Crippen LogP contribution in [0.1, 0.15) is 20.8 Å². The van der Waals surface area contributed by atoms with Gasteiger partial charge in [0, 0.05) is 4.47 Å². The van der Waals surface area contributed by atoms with E-state index in [2.05, 4.69) is 31.9 Å². The number of halogens is 2. The lowest BCUT2D eigenvalue weighted by Crippen LogP contribution is -2.26. The number of hydrogen-bond donors (Lipinski definition) is 0. The van der Waals surface area contributed by atoms with E-state index in [4.69, 9.17) is 9.47 Å². The Balaban J connectivity index is 2.30. The molecule has 5 heteroatoms. The number of benzene rings is 2. The van der Waals surface area contributed by atoms with E-state index in [0.29, 0.717) is 5.75 Å². The van der Waals surface area contributed by atoms with Crippen LogP contribution in [0, 0.1) is 0 Å². The molecule has 0 unspecified atom stereocenters. The average Bonchev–Trinajstić information content (AvgIpc) is 2.30. The van der Waals surface area contributed by atoms with Gasteiger partial charge >= 0.3 is 6.16 Å². The smallest absolute Gasteiger partial charge is 0.428 e. The molecule has 3 nitrogen and oxygen atoms in total. The molecule has 0 heterocycles. The summed E-state index contributed by atoms with van der Waals surface area (Å²) in [7, 11) is 0. The summed E-state index contributed by atoms with van der Waals surface area (Å²) in [6, 6.07) is 9.51. The highest BCUT2D eigenvalue weighted by molar-refractivity contribution is 9.11. The quantitative estimate of drug-likeness (QED) is 0.455. The summed E-state index contributed by atoms with van der Waals surface area (Å²) in [6.07, 6.45) is -0.713. The van der Waals surface area contributed by atoms with E-state index in [0.717, 1.165) is 19.7 Å². The predicted molar refractivity (Wildman–Crippen MR) is 86.2 cm³/mol. The normalized spacial score (nSPS) is 11.4. The fourth-order valence-electron chi connectivity index (χ4n) is 1.68. The Kier molecular flexibility index (Phi) is 4.39. The Hall–Kier alpha value is -1.07. The van der Waals surface area contributed by atoms with Gasteiger partial charge in [-0.2, -0.15) is 0 Å². The minimum absolute atomic E-state index is 0.439. The zero-order chi connectivity index (χ0) is 14.9. The van der Waals surface area contributed by atoms with Crippen LogP contribution >= 0.6 is 31.9 Å². The second-order valence-corrected chi connectivity index (χ2v) is 7.02. The summed E-state index contributed by atoms with van der Waals surface area (Å²) in [5.74, 6) is 0.439. The molecule has 106 valence electrons. The van der Waals surface area contributed by atoms with Gasteiger partial charge in [0.2, 0.25) is 0 Å².